The molecule has 3 N–H and O–H groups in total. The van der Waals surface area contributed by atoms with E-state index in [0.29, 0.717) is 16.5 Å². The molecule has 0 aliphatic rings. The predicted molar refractivity (Wildman–Crippen MR) is 108 cm³/mol. The monoisotopic (exact) mass is 399 g/mol. The number of aryl methyl sites for hydroxylation is 1. The Morgan fingerprint density at radius 1 is 1.25 bits per heavy atom. The van der Waals surface area contributed by atoms with Gasteiger partial charge in [-0.05, 0) is 43.7 Å². The molecule has 5 nitrogen and oxygen atoms in total. The average Bonchev–Trinajstić information content (AvgIpc) is 2.66. The van der Waals surface area contributed by atoms with Crippen molar-refractivity contribution >= 4 is 29.0 Å². The van der Waals surface area contributed by atoms with Gasteiger partial charge in [-0.2, -0.15) is 0 Å². The van der Waals surface area contributed by atoms with E-state index in [1.54, 1.807) is 37.3 Å². The fraction of sp³-hybridized carbons (Fsp3) is 0.143. The Balaban J connectivity index is 1.77. The topological polar surface area (TPSA) is 77.2 Å². The first kappa shape index (κ1) is 19.6. The molecule has 0 bridgehead atoms. The average molecular weight is 400 g/mol. The Kier molecular flexibility index (Phi) is 5.80. The SMILES string of the molecule is Cc1ccc(F)c(C(=O)Nc2cccc([C@@H](C)Oc3cc(Cl)cnc3N)c2)c1. The third-order valence-electron chi connectivity index (χ3n) is 4.13. The number of nitrogens with one attached hydrogen (secondary N) is 1. The number of nitrogens with zero attached hydrogens (tertiary/aromatic N) is 1. The zero-order chi connectivity index (χ0) is 20.3. The minimum absolute atomic E-state index is 0.00697. The molecular weight excluding hydrogens is 381 g/mol. The van der Waals surface area contributed by atoms with Gasteiger partial charge < -0.3 is 15.8 Å². The minimum Gasteiger partial charge on any atom is -0.482 e. The molecule has 1 amide bonds. The number of ether oxygens (including phenoxy) is 1. The quantitative estimate of drug-likeness (QED) is 0.621. The molecule has 0 saturated heterocycles. The largest absolute Gasteiger partial charge is 0.482 e. The summed E-state index contributed by atoms with van der Waals surface area (Å²) in [5.41, 5.74) is 7.93. The maximum absolute atomic E-state index is 13.9. The highest BCUT2D eigenvalue weighted by Crippen LogP contribution is 2.29. The van der Waals surface area contributed by atoms with E-state index in [-0.39, 0.29) is 17.5 Å². The van der Waals surface area contributed by atoms with Crippen LogP contribution < -0.4 is 15.8 Å². The van der Waals surface area contributed by atoms with Crippen LogP contribution in [0.4, 0.5) is 15.9 Å². The number of amides is 1. The van der Waals surface area contributed by atoms with Gasteiger partial charge in [-0.1, -0.05) is 35.4 Å². The van der Waals surface area contributed by atoms with Crippen molar-refractivity contribution in [3.63, 3.8) is 0 Å². The second kappa shape index (κ2) is 8.27. The van der Waals surface area contributed by atoms with E-state index >= 15 is 0 Å². The number of nitrogens with two attached hydrogens (primary N) is 1. The maximum atomic E-state index is 13.9. The highest BCUT2D eigenvalue weighted by molar-refractivity contribution is 6.30. The third kappa shape index (κ3) is 4.58. The van der Waals surface area contributed by atoms with Crippen molar-refractivity contribution in [1.82, 2.24) is 4.98 Å². The molecule has 0 aliphatic heterocycles. The minimum atomic E-state index is -0.570. The number of nitrogen functional groups attached to an aromatic ring is 1. The Morgan fingerprint density at radius 3 is 2.82 bits per heavy atom. The first-order chi connectivity index (χ1) is 13.3. The number of hydrogen-bond acceptors (Lipinski definition) is 4. The lowest BCUT2D eigenvalue weighted by atomic mass is 10.1. The molecule has 0 unspecified atom stereocenters. The number of hydrogen-bond donors (Lipinski definition) is 2. The smallest absolute Gasteiger partial charge is 0.258 e. The predicted octanol–water partition coefficient (Wildman–Crippen LogP) is 5.16. The van der Waals surface area contributed by atoms with Crippen LogP contribution in [-0.4, -0.2) is 10.9 Å². The molecule has 3 aromatic rings. The Bertz CT molecular complexity index is 1030. The van der Waals surface area contributed by atoms with Crippen LogP contribution in [0.25, 0.3) is 0 Å². The van der Waals surface area contributed by atoms with Crippen molar-refractivity contribution in [3.05, 3.63) is 82.3 Å². The van der Waals surface area contributed by atoms with Gasteiger partial charge in [0.15, 0.2) is 11.6 Å². The molecular formula is C21H19ClFN3O2. The highest BCUT2D eigenvalue weighted by atomic mass is 35.5. The lowest BCUT2D eigenvalue weighted by Crippen LogP contribution is -2.14. The second-order valence-corrected chi connectivity index (χ2v) is 6.80. The zero-order valence-electron chi connectivity index (χ0n) is 15.4. The summed E-state index contributed by atoms with van der Waals surface area (Å²) in [7, 11) is 0. The van der Waals surface area contributed by atoms with E-state index < -0.39 is 11.7 Å². The zero-order valence-corrected chi connectivity index (χ0v) is 16.1. The van der Waals surface area contributed by atoms with Gasteiger partial charge in [0, 0.05) is 18.0 Å². The van der Waals surface area contributed by atoms with Crippen molar-refractivity contribution in [3.8, 4) is 5.75 Å². The van der Waals surface area contributed by atoms with Crippen molar-refractivity contribution in [2.45, 2.75) is 20.0 Å². The van der Waals surface area contributed by atoms with Crippen molar-refractivity contribution < 1.29 is 13.9 Å². The molecule has 1 heterocycles. The molecule has 0 radical (unpaired) electrons. The van der Waals surface area contributed by atoms with Crippen LogP contribution in [0.3, 0.4) is 0 Å². The number of carbonyl (C=O) groups excluding carboxylic acids is 1. The molecule has 0 aliphatic carbocycles. The van der Waals surface area contributed by atoms with Gasteiger partial charge in [0.1, 0.15) is 11.9 Å². The van der Waals surface area contributed by atoms with Crippen LogP contribution in [0.2, 0.25) is 5.02 Å². The van der Waals surface area contributed by atoms with E-state index in [9.17, 15) is 9.18 Å². The number of anilines is 2. The van der Waals surface area contributed by atoms with E-state index in [1.165, 1.54) is 18.3 Å². The summed E-state index contributed by atoms with van der Waals surface area (Å²) >= 11 is 5.93. The van der Waals surface area contributed by atoms with Gasteiger partial charge >= 0.3 is 0 Å². The third-order valence-corrected chi connectivity index (χ3v) is 4.34. The lowest BCUT2D eigenvalue weighted by molar-refractivity contribution is 0.102. The molecule has 3 rings (SSSR count). The summed E-state index contributed by atoms with van der Waals surface area (Å²) in [6.07, 6.45) is 1.06. The number of rotatable bonds is 5. The van der Waals surface area contributed by atoms with Crippen LogP contribution >= 0.6 is 11.6 Å². The van der Waals surface area contributed by atoms with Gasteiger partial charge in [0.25, 0.3) is 5.91 Å². The maximum Gasteiger partial charge on any atom is 0.258 e. The van der Waals surface area contributed by atoms with Crippen LogP contribution in [0.1, 0.15) is 34.5 Å². The summed E-state index contributed by atoms with van der Waals surface area (Å²) in [5, 5.41) is 3.13. The number of benzene rings is 2. The summed E-state index contributed by atoms with van der Waals surface area (Å²) in [4.78, 5) is 16.4. The van der Waals surface area contributed by atoms with Gasteiger partial charge in [0.2, 0.25) is 0 Å². The highest BCUT2D eigenvalue weighted by Gasteiger charge is 2.14. The molecule has 144 valence electrons. The van der Waals surface area contributed by atoms with E-state index in [4.69, 9.17) is 22.1 Å². The molecule has 1 atom stereocenters. The Morgan fingerprint density at radius 2 is 2.04 bits per heavy atom. The van der Waals surface area contributed by atoms with E-state index in [0.717, 1.165) is 11.1 Å². The van der Waals surface area contributed by atoms with E-state index in [1.807, 2.05) is 13.0 Å². The van der Waals surface area contributed by atoms with Crippen molar-refractivity contribution in [2.24, 2.45) is 0 Å². The number of pyridine rings is 1. The van der Waals surface area contributed by atoms with Crippen LogP contribution in [0, 0.1) is 12.7 Å². The molecule has 0 fully saturated rings. The molecule has 7 heteroatoms. The van der Waals surface area contributed by atoms with Crippen LogP contribution in [-0.2, 0) is 0 Å². The van der Waals surface area contributed by atoms with Gasteiger partial charge in [-0.3, -0.25) is 4.79 Å². The summed E-state index contributed by atoms with van der Waals surface area (Å²) < 4.78 is 19.8. The van der Waals surface area contributed by atoms with Crippen LogP contribution in [0.5, 0.6) is 5.75 Å². The van der Waals surface area contributed by atoms with Gasteiger partial charge in [-0.15, -0.1) is 0 Å². The second-order valence-electron chi connectivity index (χ2n) is 6.36. The summed E-state index contributed by atoms with van der Waals surface area (Å²) in [5.74, 6) is -0.484. The normalized spacial score (nSPS) is 11.7. The molecule has 28 heavy (non-hydrogen) atoms. The molecule has 1 aromatic heterocycles. The fourth-order valence-corrected chi connectivity index (χ4v) is 2.81. The van der Waals surface area contributed by atoms with Gasteiger partial charge in [-0.25, -0.2) is 9.37 Å². The number of halogens is 2. The van der Waals surface area contributed by atoms with E-state index in [2.05, 4.69) is 10.3 Å². The molecule has 2 aromatic carbocycles. The van der Waals surface area contributed by atoms with Crippen molar-refractivity contribution in [2.75, 3.05) is 11.1 Å². The molecule has 0 saturated carbocycles. The fourth-order valence-electron chi connectivity index (χ4n) is 2.66. The lowest BCUT2D eigenvalue weighted by Gasteiger charge is -2.17. The first-order valence-corrected chi connectivity index (χ1v) is 8.96. The first-order valence-electron chi connectivity index (χ1n) is 8.58. The summed E-state index contributed by atoms with van der Waals surface area (Å²) in [6, 6.07) is 13.1. The van der Waals surface area contributed by atoms with Crippen molar-refractivity contribution in [1.29, 1.82) is 0 Å². The Labute approximate surface area is 167 Å². The Hall–Kier alpha value is -3.12. The number of aromatic nitrogens is 1. The molecule has 0 spiro atoms. The number of carbonyl (C=O) groups is 1. The van der Waals surface area contributed by atoms with Gasteiger partial charge in [0.05, 0.1) is 10.6 Å². The standard InChI is InChI=1S/C21H19ClFN3O2/c1-12-6-7-18(23)17(8-12)21(27)26-16-5-3-4-14(9-16)13(2)28-19-10-15(22)11-25-20(19)24/h3-11,13H,1-2H3,(H2,24,25)(H,26,27)/t13-/m1/s1. The summed E-state index contributed by atoms with van der Waals surface area (Å²) in [6.45, 7) is 3.63. The van der Waals surface area contributed by atoms with Crippen LogP contribution in [0.15, 0.2) is 54.7 Å².